The molecule has 5 aliphatic carbocycles. The van der Waals surface area contributed by atoms with Crippen LogP contribution < -0.4 is 55.5 Å². The number of amides is 1. The molecule has 1 saturated heterocycles. The van der Waals surface area contributed by atoms with Gasteiger partial charge in [0.25, 0.3) is 27.8 Å². The molecule has 32 nitrogen and oxygen atoms in total. The normalized spacial score (nSPS) is 23.0. The predicted molar refractivity (Wildman–Crippen MR) is 429 cm³/mol. The van der Waals surface area contributed by atoms with E-state index in [9.17, 15) is 57.8 Å². The van der Waals surface area contributed by atoms with E-state index in [1.54, 1.807) is 130 Å². The number of pyridine rings is 5. The van der Waals surface area contributed by atoms with E-state index < -0.39 is 58.4 Å². The van der Waals surface area contributed by atoms with E-state index in [2.05, 4.69) is 29.3 Å². The van der Waals surface area contributed by atoms with Crippen molar-refractivity contribution in [3.63, 3.8) is 0 Å². The second-order valence-corrected chi connectivity index (χ2v) is 29.0. The molecular weight excluding hydrogens is 1500 g/mol. The highest BCUT2D eigenvalue weighted by Gasteiger charge is 2.33. The topological polar surface area (TPSA) is 436 Å². The van der Waals surface area contributed by atoms with Gasteiger partial charge in [-0.1, -0.05) is 64.2 Å². The first-order valence-electron chi connectivity index (χ1n) is 38.4. The lowest BCUT2D eigenvalue weighted by Gasteiger charge is -2.32. The molecule has 1 amide bonds. The number of hydrogen-bond donors (Lipinski definition) is 7. The zero-order valence-corrected chi connectivity index (χ0v) is 67.7. The quantitative estimate of drug-likeness (QED) is 0.0394. The summed E-state index contributed by atoms with van der Waals surface area (Å²) in [6.07, 6.45) is 29.8. The summed E-state index contributed by atoms with van der Waals surface area (Å²) in [5, 5.41) is 33.4. The fourth-order valence-corrected chi connectivity index (χ4v) is 14.7. The Balaban J connectivity index is 0.000000241. The molecule has 7 heterocycles. The molecule has 6 aliphatic rings. The van der Waals surface area contributed by atoms with Gasteiger partial charge in [0.2, 0.25) is 0 Å². The van der Waals surface area contributed by atoms with E-state index in [-0.39, 0.29) is 124 Å². The molecule has 6 aromatic heterocycles. The number of carboxylic acids is 1. The number of methoxy groups -OCH3 is 7. The minimum Gasteiger partial charge on any atom is -0.477 e. The number of nitrogens with one attached hydrogen (secondary N) is 2. The SMILES string of the molecule is COC(=O)c1cccn([C@H]2CCCC[C@H]2O)c1=O.COC(=O)c1cccn([C@H]2CCCC[C@H]2OC)c1=O.COC(=O)c1cccoc1=O.CO[C@@H]1CCCCC1n1cccc(C(=O)O)c1=O.CO[C@@H]1CCCC[C@@H]1n1cccc(N)c1=O.CO[C@@H]1CCCC[C@@H]1n1cccc(NC(=O)OC(C)(C)C)c1=O.Cl.N[C@H]1NCCC[C@H]1O. The Morgan fingerprint density at radius 3 is 1.17 bits per heavy atom. The predicted octanol–water partition coefficient (Wildman–Crippen LogP) is 9.30. The number of piperidine rings is 1. The van der Waals surface area contributed by atoms with Gasteiger partial charge in [0.05, 0.1) is 106 Å². The summed E-state index contributed by atoms with van der Waals surface area (Å²) in [5.41, 5.74) is 8.64. The van der Waals surface area contributed by atoms with Crippen LogP contribution in [-0.2, 0) is 37.9 Å². The van der Waals surface area contributed by atoms with E-state index in [1.165, 1.54) is 73.5 Å². The third-order valence-corrected chi connectivity index (χ3v) is 20.6. The van der Waals surface area contributed by atoms with Gasteiger partial charge in [-0.3, -0.25) is 34.6 Å². The van der Waals surface area contributed by atoms with Crippen LogP contribution in [0.5, 0.6) is 0 Å². The molecule has 0 spiro atoms. The van der Waals surface area contributed by atoms with Crippen LogP contribution in [-0.4, -0.2) is 173 Å². The molecule has 12 atom stereocenters. The molecule has 0 radical (unpaired) electrons. The van der Waals surface area contributed by atoms with Crippen LogP contribution in [0.4, 0.5) is 16.2 Å². The third kappa shape index (κ3) is 27.4. The van der Waals surface area contributed by atoms with Crippen LogP contribution in [0.15, 0.2) is 143 Å². The van der Waals surface area contributed by atoms with E-state index in [1.807, 2.05) is 6.07 Å². The van der Waals surface area contributed by atoms with Crippen molar-refractivity contribution in [2.45, 2.75) is 241 Å². The summed E-state index contributed by atoms with van der Waals surface area (Å²) in [7, 11) is 10.4. The first-order valence-corrected chi connectivity index (χ1v) is 38.4. The van der Waals surface area contributed by atoms with Crippen molar-refractivity contribution in [1.29, 1.82) is 0 Å². The zero-order chi connectivity index (χ0) is 82.9. The van der Waals surface area contributed by atoms with Crippen LogP contribution in [0.2, 0.25) is 0 Å². The van der Waals surface area contributed by atoms with Crippen LogP contribution in [0.25, 0.3) is 0 Å². The van der Waals surface area contributed by atoms with Gasteiger partial charge in [0, 0.05) is 59.4 Å². The fourth-order valence-electron chi connectivity index (χ4n) is 14.7. The van der Waals surface area contributed by atoms with E-state index >= 15 is 0 Å². The maximum Gasteiger partial charge on any atom is 0.412 e. The van der Waals surface area contributed by atoms with Crippen molar-refractivity contribution in [3.8, 4) is 0 Å². The molecule has 6 fully saturated rings. The summed E-state index contributed by atoms with van der Waals surface area (Å²) in [6.45, 7) is 6.28. The lowest BCUT2D eigenvalue weighted by atomic mass is 9.92. The minimum atomic E-state index is -1.18. The fraction of sp³-hybridized carbons (Fsp3) is 0.568. The van der Waals surface area contributed by atoms with Crippen molar-refractivity contribution in [2.24, 2.45) is 5.73 Å². The number of aromatic carboxylic acids is 1. The molecule has 1 aliphatic heterocycles. The van der Waals surface area contributed by atoms with Crippen molar-refractivity contribution in [1.82, 2.24) is 28.2 Å². The molecule has 12 rings (SSSR count). The lowest BCUT2D eigenvalue weighted by molar-refractivity contribution is 0.0274. The average molecular weight is 1620 g/mol. The van der Waals surface area contributed by atoms with Gasteiger partial charge in [-0.05, 0) is 177 Å². The first kappa shape index (κ1) is 95.2. The summed E-state index contributed by atoms with van der Waals surface area (Å²) in [4.78, 5) is 129. The average Bonchev–Trinajstić information content (AvgIpc) is 0.827. The second-order valence-electron chi connectivity index (χ2n) is 29.0. The number of carbonyl (C=O) groups excluding carboxylic acids is 4. The van der Waals surface area contributed by atoms with E-state index in [4.69, 9.17) is 45.4 Å². The Morgan fingerprint density at radius 1 is 0.447 bits per heavy atom. The van der Waals surface area contributed by atoms with Crippen molar-refractivity contribution >= 4 is 53.8 Å². The van der Waals surface area contributed by atoms with Crippen LogP contribution >= 0.6 is 12.4 Å². The Labute approximate surface area is 668 Å². The molecule has 9 N–H and O–H groups in total. The molecule has 33 heteroatoms. The Hall–Kier alpha value is -9.38. The molecule has 1 unspecified atom stereocenters. The Kier molecular flexibility index (Phi) is 40.2. The summed E-state index contributed by atoms with van der Waals surface area (Å²) in [6, 6.07) is 18.7. The number of aliphatic hydroxyl groups excluding tert-OH is 2. The Bertz CT molecular complexity index is 4390. The molecule has 0 bridgehead atoms. The van der Waals surface area contributed by atoms with Gasteiger partial charge in [0.15, 0.2) is 0 Å². The van der Waals surface area contributed by atoms with E-state index in [0.717, 1.165) is 135 Å². The first-order chi connectivity index (χ1) is 54.1. The number of rotatable bonds is 14. The number of aromatic nitrogens is 5. The Morgan fingerprint density at radius 2 is 0.789 bits per heavy atom. The molecule has 630 valence electrons. The highest BCUT2D eigenvalue weighted by atomic mass is 35.5. The maximum atomic E-state index is 12.7. The van der Waals surface area contributed by atoms with Crippen LogP contribution in [0, 0.1) is 0 Å². The number of aliphatic hydroxyl groups is 2. The number of carboxylic acid groups (broad SMARTS) is 1. The molecule has 0 aromatic carbocycles. The number of hydrogen-bond acceptors (Lipinski definition) is 25. The number of nitrogens with zero attached hydrogens (tertiary/aromatic N) is 5. The van der Waals surface area contributed by atoms with Crippen molar-refractivity contribution < 1.29 is 81.6 Å². The summed E-state index contributed by atoms with van der Waals surface area (Å²) < 4.78 is 53.0. The van der Waals surface area contributed by atoms with Gasteiger partial charge in [-0.25, -0.2) is 28.8 Å². The smallest absolute Gasteiger partial charge is 0.412 e. The monoisotopic (exact) mass is 1620 g/mol. The van der Waals surface area contributed by atoms with Gasteiger partial charge in [-0.2, -0.15) is 0 Å². The number of anilines is 2. The van der Waals surface area contributed by atoms with Crippen molar-refractivity contribution in [3.05, 3.63) is 194 Å². The number of esters is 3. The van der Waals surface area contributed by atoms with Gasteiger partial charge in [-0.15, -0.1) is 12.4 Å². The van der Waals surface area contributed by atoms with Crippen LogP contribution in [0.3, 0.4) is 0 Å². The maximum absolute atomic E-state index is 12.7. The summed E-state index contributed by atoms with van der Waals surface area (Å²) >= 11 is 0. The van der Waals surface area contributed by atoms with Gasteiger partial charge in [0.1, 0.15) is 33.5 Å². The van der Waals surface area contributed by atoms with Crippen LogP contribution in [0.1, 0.15) is 234 Å². The number of nitrogens with two attached hydrogens (primary N) is 2. The highest BCUT2D eigenvalue weighted by Crippen LogP contribution is 2.34. The van der Waals surface area contributed by atoms with Crippen molar-refractivity contribution in [2.75, 3.05) is 67.4 Å². The minimum absolute atomic E-state index is 0. The number of carbonyl (C=O) groups is 5. The third-order valence-electron chi connectivity index (χ3n) is 20.6. The standard InChI is InChI=1S/C17H26N2O4.C14H19NO4.2C13H17NO4.C12H18N2O2.C7H6O4.C5H12N2O.ClH/c1-17(2,3)23-16(21)18-12-8-7-11-19(15(12)20)13-9-5-6-10-14(13)22-4;1-18-12-8-4-3-7-11(12)15-9-5-6-10(13(15)16)14(17)19-2;1-18-11-7-3-2-6-10(11)14-8-4-5-9(12(14)15)13(16)17;1-18-13(17)9-5-4-8-14(12(9)16)10-6-2-3-7-11(10)15;1-16-11-7-3-2-6-10(11)14-8-4-5-9(13)12(14)15;1-10-6(8)5-3-2-4-11-7(5)9;6-5-4(8)2-1-3-7-5;/h7-8,11,13-14H,5-6,9-10H2,1-4H3,(H,18,21);5-6,9,11-12H,3-4,7-8H2,1-2H3;4-5,8,10-11H,2-3,6-7H2,1H3,(H,16,17);4-5,8,10-11,15H,2-3,6-7H2,1H3;4-5,8,10-11H,2-3,6-7,13H2,1H3;2-4H,1H3;4-5,7-8H,1-3,6H2;1H/t13-,14+;11-,12+;10?,11-;2*10-,11+;;4-,5+;/m00100.1./s1. The van der Waals surface area contributed by atoms with Gasteiger partial charge < -0.3 is 91.9 Å². The number of ether oxygens (including phenoxy) is 8. The number of nitrogen functional groups attached to an aromatic ring is 1. The second kappa shape index (κ2) is 48.1. The lowest BCUT2D eigenvalue weighted by Crippen LogP contribution is -2.50. The number of halogens is 1. The highest BCUT2D eigenvalue weighted by molar-refractivity contribution is 5.90. The molecular formula is C81H116ClN9O23. The summed E-state index contributed by atoms with van der Waals surface area (Å²) in [5.74, 6) is -3.10. The zero-order valence-electron chi connectivity index (χ0n) is 66.9. The molecule has 5 saturated carbocycles. The van der Waals surface area contributed by atoms with Gasteiger partial charge >= 0.3 is 35.6 Å². The van der Waals surface area contributed by atoms with E-state index in [0.29, 0.717) is 12.1 Å². The molecule has 6 aromatic rings. The molecule has 114 heavy (non-hydrogen) atoms. The largest absolute Gasteiger partial charge is 0.477 e.